The van der Waals surface area contributed by atoms with Gasteiger partial charge in [0.05, 0.1) is 5.56 Å². The van der Waals surface area contributed by atoms with Crippen LogP contribution in [0.1, 0.15) is 15.9 Å². The Morgan fingerprint density at radius 3 is 2.50 bits per heavy atom. The Balaban J connectivity index is 2.07. The van der Waals surface area contributed by atoms with E-state index in [2.05, 4.69) is 0 Å². The molecule has 0 spiro atoms. The molecule has 18 heavy (non-hydrogen) atoms. The second kappa shape index (κ2) is 5.60. The zero-order valence-corrected chi connectivity index (χ0v) is 10.3. The number of thioether (sulfide) groups is 1. The standard InChI is InChI=1S/C14H12O3S/c15-13-8-11(6-7-12(13)14(16)17)18-9-10-4-2-1-3-5-10/h1-8,15H,9H2,(H,16,17)/p-1. The number of hydrogen-bond acceptors (Lipinski definition) is 3. The molecule has 0 aliphatic heterocycles. The molecule has 1 N–H and O–H groups in total. The van der Waals surface area contributed by atoms with Crippen LogP contribution in [0.25, 0.3) is 0 Å². The van der Waals surface area contributed by atoms with Gasteiger partial charge < -0.3 is 10.2 Å². The van der Waals surface area contributed by atoms with Gasteiger partial charge in [0.25, 0.3) is 0 Å². The quantitative estimate of drug-likeness (QED) is 0.858. The van der Waals surface area contributed by atoms with Gasteiger partial charge in [-0.25, -0.2) is 4.79 Å². The molecule has 0 aliphatic rings. The SMILES string of the molecule is O=C(O)c1ccc(SCc2ccccc2)cc1[O-]. The summed E-state index contributed by atoms with van der Waals surface area (Å²) in [4.78, 5) is 11.5. The number of carboxylic acids is 1. The van der Waals surface area contributed by atoms with Gasteiger partial charge in [-0.15, -0.1) is 11.8 Å². The first-order valence-corrected chi connectivity index (χ1v) is 6.36. The van der Waals surface area contributed by atoms with Crippen molar-refractivity contribution >= 4 is 17.7 Å². The van der Waals surface area contributed by atoms with E-state index in [1.807, 2.05) is 30.3 Å². The highest BCUT2D eigenvalue weighted by molar-refractivity contribution is 7.98. The lowest BCUT2D eigenvalue weighted by Crippen LogP contribution is -2.03. The Kier molecular flexibility index (Phi) is 3.89. The number of carboxylic acid groups (broad SMARTS) is 1. The molecular weight excluding hydrogens is 248 g/mol. The van der Waals surface area contributed by atoms with Crippen LogP contribution in [0.15, 0.2) is 53.4 Å². The second-order valence-corrected chi connectivity index (χ2v) is 4.79. The summed E-state index contributed by atoms with van der Waals surface area (Å²) in [5.74, 6) is -0.868. The van der Waals surface area contributed by atoms with E-state index >= 15 is 0 Å². The highest BCUT2D eigenvalue weighted by Crippen LogP contribution is 2.26. The Hall–Kier alpha value is -1.94. The number of benzene rings is 2. The van der Waals surface area contributed by atoms with Gasteiger partial charge in [0.1, 0.15) is 0 Å². The molecule has 3 nitrogen and oxygen atoms in total. The second-order valence-electron chi connectivity index (χ2n) is 3.74. The van der Waals surface area contributed by atoms with Gasteiger partial charge in [-0.05, 0) is 17.7 Å². The molecule has 0 heterocycles. The van der Waals surface area contributed by atoms with Gasteiger partial charge in [-0.1, -0.05) is 42.1 Å². The van der Waals surface area contributed by atoms with Crippen molar-refractivity contribution in [3.63, 3.8) is 0 Å². The number of rotatable bonds is 4. The average Bonchev–Trinajstić information content (AvgIpc) is 2.37. The van der Waals surface area contributed by atoms with Crippen LogP contribution < -0.4 is 5.11 Å². The fraction of sp³-hybridized carbons (Fsp3) is 0.0714. The molecule has 0 unspecified atom stereocenters. The average molecular weight is 259 g/mol. The van der Waals surface area contributed by atoms with Crippen molar-refractivity contribution in [2.45, 2.75) is 10.6 Å². The first kappa shape index (κ1) is 12.5. The Bertz CT molecular complexity index is 552. The molecule has 0 aromatic heterocycles. The molecule has 0 saturated carbocycles. The minimum absolute atomic E-state index is 0.181. The summed E-state index contributed by atoms with van der Waals surface area (Å²) in [6.07, 6.45) is 0. The molecule has 0 radical (unpaired) electrons. The molecule has 0 bridgehead atoms. The van der Waals surface area contributed by atoms with Crippen molar-refractivity contribution in [1.82, 2.24) is 0 Å². The Morgan fingerprint density at radius 2 is 1.89 bits per heavy atom. The van der Waals surface area contributed by atoms with Crippen molar-refractivity contribution in [2.75, 3.05) is 0 Å². The van der Waals surface area contributed by atoms with Crippen molar-refractivity contribution in [2.24, 2.45) is 0 Å². The van der Waals surface area contributed by atoms with Crippen LogP contribution in [0.4, 0.5) is 0 Å². The van der Waals surface area contributed by atoms with Crippen LogP contribution in [-0.4, -0.2) is 11.1 Å². The molecule has 0 saturated heterocycles. The summed E-state index contributed by atoms with van der Waals surface area (Å²) in [6, 6.07) is 14.3. The topological polar surface area (TPSA) is 60.4 Å². The smallest absolute Gasteiger partial charge is 0.335 e. The summed E-state index contributed by atoms with van der Waals surface area (Å²) >= 11 is 1.52. The first-order valence-electron chi connectivity index (χ1n) is 5.38. The zero-order valence-electron chi connectivity index (χ0n) is 9.50. The van der Waals surface area contributed by atoms with Crippen LogP contribution >= 0.6 is 11.8 Å². The third-order valence-electron chi connectivity index (χ3n) is 2.43. The predicted octanol–water partition coefficient (Wildman–Crippen LogP) is 2.75. The monoisotopic (exact) mass is 259 g/mol. The fourth-order valence-corrected chi connectivity index (χ4v) is 2.39. The van der Waals surface area contributed by atoms with Crippen molar-refractivity contribution in [3.05, 3.63) is 59.7 Å². The summed E-state index contributed by atoms with van der Waals surface area (Å²) < 4.78 is 0. The molecule has 2 aromatic rings. The van der Waals surface area contributed by atoms with E-state index in [0.717, 1.165) is 16.2 Å². The molecule has 0 fully saturated rings. The minimum atomic E-state index is -1.18. The van der Waals surface area contributed by atoms with Crippen LogP contribution in [0.2, 0.25) is 0 Å². The molecule has 2 rings (SSSR count). The Morgan fingerprint density at radius 1 is 1.17 bits per heavy atom. The van der Waals surface area contributed by atoms with Gasteiger partial charge in [0.2, 0.25) is 0 Å². The molecule has 92 valence electrons. The Labute approximate surface area is 109 Å². The molecule has 4 heteroatoms. The van der Waals surface area contributed by atoms with Gasteiger partial charge in [0, 0.05) is 10.6 Å². The van der Waals surface area contributed by atoms with Crippen molar-refractivity contribution < 1.29 is 15.0 Å². The highest BCUT2D eigenvalue weighted by atomic mass is 32.2. The van der Waals surface area contributed by atoms with Crippen LogP contribution in [0, 0.1) is 0 Å². The van der Waals surface area contributed by atoms with Gasteiger partial charge in [-0.2, -0.15) is 0 Å². The van der Waals surface area contributed by atoms with E-state index in [9.17, 15) is 9.90 Å². The highest BCUT2D eigenvalue weighted by Gasteiger charge is 2.04. The van der Waals surface area contributed by atoms with Gasteiger partial charge in [0.15, 0.2) is 0 Å². The number of carbonyl (C=O) groups is 1. The zero-order chi connectivity index (χ0) is 13.0. The predicted molar refractivity (Wildman–Crippen MR) is 68.9 cm³/mol. The summed E-state index contributed by atoms with van der Waals surface area (Å²) in [7, 11) is 0. The van der Waals surface area contributed by atoms with Crippen LogP contribution in [0.5, 0.6) is 5.75 Å². The van der Waals surface area contributed by atoms with E-state index in [0.29, 0.717) is 0 Å². The maximum absolute atomic E-state index is 11.5. The minimum Gasteiger partial charge on any atom is -0.872 e. The number of hydrogen-bond donors (Lipinski definition) is 1. The van der Waals surface area contributed by atoms with E-state index in [4.69, 9.17) is 5.11 Å². The lowest BCUT2D eigenvalue weighted by atomic mass is 10.2. The molecule has 0 atom stereocenters. The van der Waals surface area contributed by atoms with E-state index in [1.165, 1.54) is 23.9 Å². The third kappa shape index (κ3) is 3.05. The van der Waals surface area contributed by atoms with E-state index < -0.39 is 11.7 Å². The molecule has 2 aromatic carbocycles. The molecule has 0 aliphatic carbocycles. The third-order valence-corrected chi connectivity index (χ3v) is 3.50. The van der Waals surface area contributed by atoms with E-state index in [-0.39, 0.29) is 5.56 Å². The largest absolute Gasteiger partial charge is 0.872 e. The summed E-state index contributed by atoms with van der Waals surface area (Å²) in [6.45, 7) is 0. The van der Waals surface area contributed by atoms with Crippen molar-refractivity contribution in [3.8, 4) is 5.75 Å². The normalized spacial score (nSPS) is 10.2. The molecule has 0 amide bonds. The fourth-order valence-electron chi connectivity index (χ4n) is 1.51. The maximum Gasteiger partial charge on any atom is 0.335 e. The van der Waals surface area contributed by atoms with Crippen LogP contribution in [0.3, 0.4) is 0 Å². The maximum atomic E-state index is 11.5. The number of aromatic carboxylic acids is 1. The molecular formula is C14H11O3S-. The summed E-state index contributed by atoms with van der Waals surface area (Å²) in [5.41, 5.74) is 0.983. The lowest BCUT2D eigenvalue weighted by Gasteiger charge is -2.11. The van der Waals surface area contributed by atoms with Gasteiger partial charge >= 0.3 is 5.97 Å². The van der Waals surface area contributed by atoms with Gasteiger partial charge in [-0.3, -0.25) is 0 Å². The van der Waals surface area contributed by atoms with Crippen molar-refractivity contribution in [1.29, 1.82) is 0 Å². The summed E-state index contributed by atoms with van der Waals surface area (Å²) in [5, 5.41) is 20.3. The lowest BCUT2D eigenvalue weighted by molar-refractivity contribution is -0.269. The first-order chi connectivity index (χ1) is 8.66. The van der Waals surface area contributed by atoms with Crippen LogP contribution in [-0.2, 0) is 5.75 Å². The van der Waals surface area contributed by atoms with E-state index in [1.54, 1.807) is 6.07 Å².